The second kappa shape index (κ2) is 2.09. The first kappa shape index (κ1) is 7.80. The van der Waals surface area contributed by atoms with Gasteiger partial charge in [-0.05, 0) is 31.3 Å². The number of hydrogen-bond donors (Lipinski definition) is 1. The maximum Gasteiger partial charge on any atom is 0.0758 e. The summed E-state index contributed by atoms with van der Waals surface area (Å²) < 4.78 is 0. The molecule has 0 amide bonds. The van der Waals surface area contributed by atoms with Gasteiger partial charge < -0.3 is 5.11 Å². The van der Waals surface area contributed by atoms with Crippen LogP contribution in [-0.2, 0) is 0 Å². The Balaban J connectivity index is 2.95. The van der Waals surface area contributed by atoms with E-state index in [1.807, 2.05) is 6.92 Å². The zero-order valence-corrected chi connectivity index (χ0v) is 7.23. The standard InChI is InChI=1S/C9H16O/c1-6-7(2)9(3,4)5-8(6)10/h8,10H,5H2,1-4H3. The van der Waals surface area contributed by atoms with Crippen LogP contribution in [0, 0.1) is 5.41 Å². The van der Waals surface area contributed by atoms with E-state index < -0.39 is 0 Å². The summed E-state index contributed by atoms with van der Waals surface area (Å²) in [5, 5.41) is 9.45. The normalized spacial score (nSPS) is 31.5. The van der Waals surface area contributed by atoms with Gasteiger partial charge in [-0.2, -0.15) is 0 Å². The summed E-state index contributed by atoms with van der Waals surface area (Å²) in [6.45, 7) is 8.50. The average molecular weight is 140 g/mol. The summed E-state index contributed by atoms with van der Waals surface area (Å²) in [5.41, 5.74) is 2.76. The fourth-order valence-corrected chi connectivity index (χ4v) is 1.57. The van der Waals surface area contributed by atoms with Gasteiger partial charge >= 0.3 is 0 Å². The molecule has 58 valence electrons. The monoisotopic (exact) mass is 140 g/mol. The highest BCUT2D eigenvalue weighted by atomic mass is 16.3. The first-order valence-electron chi connectivity index (χ1n) is 3.81. The van der Waals surface area contributed by atoms with E-state index >= 15 is 0 Å². The number of hydrogen-bond acceptors (Lipinski definition) is 1. The Kier molecular flexibility index (Phi) is 1.63. The molecular formula is C9H16O. The largest absolute Gasteiger partial charge is 0.389 e. The number of aliphatic hydroxyl groups is 1. The molecule has 10 heavy (non-hydrogen) atoms. The van der Waals surface area contributed by atoms with E-state index in [0.29, 0.717) is 0 Å². The average Bonchev–Trinajstić information content (AvgIpc) is 1.95. The number of aliphatic hydroxyl groups excluding tert-OH is 1. The first-order chi connectivity index (χ1) is 4.45. The van der Waals surface area contributed by atoms with E-state index in [-0.39, 0.29) is 11.5 Å². The summed E-state index contributed by atoms with van der Waals surface area (Å²) in [6.07, 6.45) is 0.708. The Labute approximate surface area is 62.8 Å². The molecule has 1 rings (SSSR count). The van der Waals surface area contributed by atoms with Crippen molar-refractivity contribution < 1.29 is 5.11 Å². The third-order valence-electron chi connectivity index (χ3n) is 2.81. The third-order valence-corrected chi connectivity index (χ3v) is 2.81. The van der Waals surface area contributed by atoms with Crippen LogP contribution in [0.2, 0.25) is 0 Å². The highest BCUT2D eigenvalue weighted by Gasteiger charge is 2.33. The summed E-state index contributed by atoms with van der Waals surface area (Å²) >= 11 is 0. The van der Waals surface area contributed by atoms with Crippen LogP contribution in [0.1, 0.15) is 34.1 Å². The quantitative estimate of drug-likeness (QED) is 0.511. The van der Waals surface area contributed by atoms with E-state index in [1.165, 1.54) is 11.1 Å². The van der Waals surface area contributed by atoms with Crippen molar-refractivity contribution in [1.29, 1.82) is 0 Å². The Morgan fingerprint density at radius 3 is 2.00 bits per heavy atom. The topological polar surface area (TPSA) is 20.2 Å². The molecule has 1 unspecified atom stereocenters. The first-order valence-corrected chi connectivity index (χ1v) is 3.81. The molecule has 0 saturated carbocycles. The molecule has 0 bridgehead atoms. The van der Waals surface area contributed by atoms with Gasteiger partial charge in [-0.1, -0.05) is 19.4 Å². The van der Waals surface area contributed by atoms with Crippen LogP contribution in [-0.4, -0.2) is 11.2 Å². The van der Waals surface area contributed by atoms with Crippen molar-refractivity contribution in [1.82, 2.24) is 0 Å². The molecule has 1 heteroatoms. The van der Waals surface area contributed by atoms with E-state index in [4.69, 9.17) is 0 Å². The Morgan fingerprint density at radius 1 is 1.40 bits per heavy atom. The maximum absolute atomic E-state index is 9.45. The minimum absolute atomic E-state index is 0.185. The highest BCUT2D eigenvalue weighted by molar-refractivity contribution is 5.27. The fraction of sp³-hybridized carbons (Fsp3) is 0.778. The molecule has 1 atom stereocenters. The lowest BCUT2D eigenvalue weighted by molar-refractivity contribution is 0.182. The summed E-state index contributed by atoms with van der Waals surface area (Å²) in [6, 6.07) is 0. The van der Waals surface area contributed by atoms with Crippen molar-refractivity contribution in [3.05, 3.63) is 11.1 Å². The predicted molar refractivity (Wildman–Crippen MR) is 42.8 cm³/mol. The van der Waals surface area contributed by atoms with Gasteiger partial charge in [0.25, 0.3) is 0 Å². The van der Waals surface area contributed by atoms with Gasteiger partial charge in [-0.25, -0.2) is 0 Å². The Hall–Kier alpha value is -0.300. The van der Waals surface area contributed by atoms with Crippen LogP contribution in [0.3, 0.4) is 0 Å². The second-order valence-electron chi connectivity index (χ2n) is 3.91. The minimum Gasteiger partial charge on any atom is -0.389 e. The molecule has 0 saturated heterocycles. The Morgan fingerprint density at radius 2 is 1.90 bits per heavy atom. The van der Waals surface area contributed by atoms with Crippen LogP contribution in [0.4, 0.5) is 0 Å². The van der Waals surface area contributed by atoms with E-state index in [2.05, 4.69) is 20.8 Å². The molecule has 1 nitrogen and oxygen atoms in total. The van der Waals surface area contributed by atoms with Gasteiger partial charge in [0.1, 0.15) is 0 Å². The van der Waals surface area contributed by atoms with Gasteiger partial charge in [-0.3, -0.25) is 0 Å². The lowest BCUT2D eigenvalue weighted by Crippen LogP contribution is -2.11. The molecule has 1 aliphatic rings. The second-order valence-corrected chi connectivity index (χ2v) is 3.91. The van der Waals surface area contributed by atoms with E-state index in [0.717, 1.165) is 6.42 Å². The maximum atomic E-state index is 9.45. The van der Waals surface area contributed by atoms with Crippen molar-refractivity contribution >= 4 is 0 Å². The molecule has 0 fully saturated rings. The van der Waals surface area contributed by atoms with Crippen molar-refractivity contribution in [3.8, 4) is 0 Å². The van der Waals surface area contributed by atoms with Crippen molar-refractivity contribution in [3.63, 3.8) is 0 Å². The predicted octanol–water partition coefficient (Wildman–Crippen LogP) is 2.11. The van der Waals surface area contributed by atoms with Crippen LogP contribution in [0.25, 0.3) is 0 Å². The SMILES string of the molecule is CC1=C(C)C(C)(C)CC1O. The fourth-order valence-electron chi connectivity index (χ4n) is 1.57. The molecular weight excluding hydrogens is 124 g/mol. The van der Waals surface area contributed by atoms with Gasteiger partial charge in [0.15, 0.2) is 0 Å². The summed E-state index contributed by atoms with van der Waals surface area (Å²) in [7, 11) is 0. The molecule has 0 aromatic carbocycles. The molecule has 0 heterocycles. The minimum atomic E-state index is -0.185. The van der Waals surface area contributed by atoms with Gasteiger partial charge in [-0.15, -0.1) is 0 Å². The zero-order chi connectivity index (χ0) is 7.94. The number of rotatable bonds is 0. The smallest absolute Gasteiger partial charge is 0.0758 e. The summed E-state index contributed by atoms with van der Waals surface area (Å²) in [4.78, 5) is 0. The van der Waals surface area contributed by atoms with Gasteiger partial charge in [0.05, 0.1) is 6.10 Å². The van der Waals surface area contributed by atoms with Crippen LogP contribution in [0.15, 0.2) is 11.1 Å². The van der Waals surface area contributed by atoms with Gasteiger partial charge in [0, 0.05) is 0 Å². The highest BCUT2D eigenvalue weighted by Crippen LogP contribution is 2.41. The molecule has 0 aromatic heterocycles. The summed E-state index contributed by atoms with van der Waals surface area (Å²) in [5.74, 6) is 0. The van der Waals surface area contributed by atoms with Crippen LogP contribution >= 0.6 is 0 Å². The van der Waals surface area contributed by atoms with Gasteiger partial charge in [0.2, 0.25) is 0 Å². The molecule has 0 aliphatic heterocycles. The van der Waals surface area contributed by atoms with Crippen molar-refractivity contribution in [2.24, 2.45) is 5.41 Å². The van der Waals surface area contributed by atoms with Crippen molar-refractivity contribution in [2.45, 2.75) is 40.2 Å². The third kappa shape index (κ3) is 0.988. The van der Waals surface area contributed by atoms with E-state index in [9.17, 15) is 5.11 Å². The van der Waals surface area contributed by atoms with Crippen LogP contribution in [0.5, 0.6) is 0 Å². The van der Waals surface area contributed by atoms with E-state index in [1.54, 1.807) is 0 Å². The molecule has 0 aromatic rings. The lowest BCUT2D eigenvalue weighted by Gasteiger charge is -2.19. The zero-order valence-electron chi connectivity index (χ0n) is 7.23. The van der Waals surface area contributed by atoms with Crippen LogP contribution < -0.4 is 0 Å². The molecule has 0 radical (unpaired) electrons. The molecule has 1 aliphatic carbocycles. The molecule has 0 spiro atoms. The lowest BCUT2D eigenvalue weighted by atomic mass is 9.86. The Bertz CT molecular complexity index is 177. The van der Waals surface area contributed by atoms with Crippen molar-refractivity contribution in [2.75, 3.05) is 0 Å². The number of allylic oxidation sites excluding steroid dienone is 1. The molecule has 1 N–H and O–H groups in total.